The number of Topliss-reactive ketones (excluding diaryl/α,β-unsaturated/α-hetero) is 1. The number of fused-ring (bicyclic) bond motifs is 1. The summed E-state index contributed by atoms with van der Waals surface area (Å²) in [5.41, 5.74) is 2.88. The first kappa shape index (κ1) is 9.97. The molecule has 0 radical (unpaired) electrons. The zero-order chi connectivity index (χ0) is 11.0. The van der Waals surface area contributed by atoms with Crippen LogP contribution in [0.5, 0.6) is 5.75 Å². The molecule has 2 rings (SSSR count). The summed E-state index contributed by atoms with van der Waals surface area (Å²) in [7, 11) is 0. The summed E-state index contributed by atoms with van der Waals surface area (Å²) >= 11 is 0. The van der Waals surface area contributed by atoms with Gasteiger partial charge in [-0.2, -0.15) is 0 Å². The van der Waals surface area contributed by atoms with Crippen LogP contribution in [0.3, 0.4) is 0 Å². The van der Waals surface area contributed by atoms with Crippen molar-refractivity contribution in [3.05, 3.63) is 41.5 Å². The second-order valence-electron chi connectivity index (χ2n) is 4.04. The third-order valence-electron chi connectivity index (χ3n) is 2.69. The van der Waals surface area contributed by atoms with Gasteiger partial charge in [0.15, 0.2) is 5.78 Å². The summed E-state index contributed by atoms with van der Waals surface area (Å²) in [6.45, 7) is 7.42. The minimum absolute atomic E-state index is 0.0715. The molecular weight excluding hydrogens is 188 g/mol. The molecule has 1 heterocycles. The van der Waals surface area contributed by atoms with Crippen molar-refractivity contribution in [3.8, 4) is 5.75 Å². The number of ketones is 1. The molecule has 0 spiro atoms. The van der Waals surface area contributed by atoms with E-state index in [0.29, 0.717) is 0 Å². The van der Waals surface area contributed by atoms with Crippen molar-refractivity contribution < 1.29 is 9.53 Å². The molecule has 0 N–H and O–H groups in total. The first-order valence-electron chi connectivity index (χ1n) is 5.04. The molecule has 0 saturated carbocycles. The maximum atomic E-state index is 11.2. The third kappa shape index (κ3) is 1.80. The lowest BCUT2D eigenvalue weighted by molar-refractivity contribution is 0.101. The zero-order valence-electron chi connectivity index (χ0n) is 9.04. The van der Waals surface area contributed by atoms with Crippen LogP contribution in [-0.4, -0.2) is 11.9 Å². The predicted octanol–water partition coefficient (Wildman–Crippen LogP) is 2.77. The fourth-order valence-corrected chi connectivity index (χ4v) is 1.74. The van der Waals surface area contributed by atoms with Gasteiger partial charge in [-0.3, -0.25) is 4.79 Å². The Balaban J connectivity index is 2.31. The van der Waals surface area contributed by atoms with E-state index in [-0.39, 0.29) is 11.9 Å². The SMILES string of the molecule is C=C(C)[C@H]1Cc2cc(C(C)=O)ccc2O1. The van der Waals surface area contributed by atoms with Gasteiger partial charge in [-0.1, -0.05) is 6.58 Å². The molecule has 0 aromatic heterocycles. The van der Waals surface area contributed by atoms with E-state index in [1.54, 1.807) is 6.92 Å². The van der Waals surface area contributed by atoms with Crippen molar-refractivity contribution in [2.75, 3.05) is 0 Å². The Morgan fingerprint density at radius 1 is 1.47 bits per heavy atom. The van der Waals surface area contributed by atoms with Crippen molar-refractivity contribution in [2.45, 2.75) is 26.4 Å². The molecule has 1 atom stereocenters. The van der Waals surface area contributed by atoms with Crippen molar-refractivity contribution in [3.63, 3.8) is 0 Å². The lowest BCUT2D eigenvalue weighted by Crippen LogP contribution is -2.13. The first-order valence-corrected chi connectivity index (χ1v) is 5.04. The van der Waals surface area contributed by atoms with Crippen molar-refractivity contribution >= 4 is 5.78 Å². The van der Waals surface area contributed by atoms with Gasteiger partial charge in [0, 0.05) is 12.0 Å². The van der Waals surface area contributed by atoms with Crippen molar-refractivity contribution in [1.29, 1.82) is 0 Å². The van der Waals surface area contributed by atoms with Crippen LogP contribution in [0.4, 0.5) is 0 Å². The molecule has 1 aliphatic heterocycles. The summed E-state index contributed by atoms with van der Waals surface area (Å²) in [4.78, 5) is 11.2. The second-order valence-corrected chi connectivity index (χ2v) is 4.04. The summed E-state index contributed by atoms with van der Waals surface area (Å²) in [6.07, 6.45) is 0.897. The van der Waals surface area contributed by atoms with Crippen LogP contribution in [0.2, 0.25) is 0 Å². The highest BCUT2D eigenvalue weighted by Gasteiger charge is 2.23. The Hall–Kier alpha value is -1.57. The van der Waals surface area contributed by atoms with Gasteiger partial charge in [0.2, 0.25) is 0 Å². The first-order chi connectivity index (χ1) is 7.08. The number of benzene rings is 1. The molecule has 0 unspecified atom stereocenters. The van der Waals surface area contributed by atoms with E-state index in [2.05, 4.69) is 6.58 Å². The zero-order valence-corrected chi connectivity index (χ0v) is 9.04. The van der Waals surface area contributed by atoms with E-state index in [1.807, 2.05) is 25.1 Å². The Kier molecular flexibility index (Phi) is 2.35. The number of carbonyl (C=O) groups excluding carboxylic acids is 1. The van der Waals surface area contributed by atoms with E-state index in [4.69, 9.17) is 4.74 Å². The minimum atomic E-state index is 0.0715. The van der Waals surface area contributed by atoms with Crippen molar-refractivity contribution in [1.82, 2.24) is 0 Å². The molecule has 2 heteroatoms. The molecule has 0 aliphatic carbocycles. The molecule has 1 aliphatic rings. The number of ether oxygens (including phenoxy) is 1. The topological polar surface area (TPSA) is 26.3 Å². The number of rotatable bonds is 2. The molecule has 0 bridgehead atoms. The number of carbonyl (C=O) groups is 1. The second kappa shape index (κ2) is 3.54. The molecule has 1 aromatic rings. The van der Waals surface area contributed by atoms with E-state index >= 15 is 0 Å². The summed E-state index contributed by atoms with van der Waals surface area (Å²) < 4.78 is 5.69. The average molecular weight is 202 g/mol. The van der Waals surface area contributed by atoms with Gasteiger partial charge < -0.3 is 4.74 Å². The Morgan fingerprint density at radius 3 is 2.80 bits per heavy atom. The van der Waals surface area contributed by atoms with Gasteiger partial charge in [-0.25, -0.2) is 0 Å². The van der Waals surface area contributed by atoms with Gasteiger partial charge in [0.25, 0.3) is 0 Å². The molecule has 0 fully saturated rings. The summed E-state index contributed by atoms with van der Waals surface area (Å²) in [5, 5.41) is 0. The maximum absolute atomic E-state index is 11.2. The summed E-state index contributed by atoms with van der Waals surface area (Å²) in [5.74, 6) is 0.976. The van der Waals surface area contributed by atoms with Crippen LogP contribution in [-0.2, 0) is 6.42 Å². The van der Waals surface area contributed by atoms with E-state index in [0.717, 1.165) is 28.9 Å². The lowest BCUT2D eigenvalue weighted by Gasteiger charge is -2.08. The highest BCUT2D eigenvalue weighted by molar-refractivity contribution is 5.94. The molecule has 78 valence electrons. The summed E-state index contributed by atoms with van der Waals surface area (Å²) in [6, 6.07) is 5.59. The maximum Gasteiger partial charge on any atom is 0.159 e. The fraction of sp³-hybridized carbons (Fsp3) is 0.308. The van der Waals surface area contributed by atoms with Gasteiger partial charge >= 0.3 is 0 Å². The molecule has 15 heavy (non-hydrogen) atoms. The van der Waals surface area contributed by atoms with Crippen LogP contribution in [0.1, 0.15) is 29.8 Å². The van der Waals surface area contributed by atoms with Crippen LogP contribution in [0, 0.1) is 0 Å². The van der Waals surface area contributed by atoms with Crippen LogP contribution in [0.25, 0.3) is 0 Å². The molecular formula is C13H14O2. The fourth-order valence-electron chi connectivity index (χ4n) is 1.74. The minimum Gasteiger partial charge on any atom is -0.485 e. The van der Waals surface area contributed by atoms with Crippen LogP contribution in [0.15, 0.2) is 30.4 Å². The molecule has 0 amide bonds. The lowest BCUT2D eigenvalue weighted by atomic mass is 10.0. The van der Waals surface area contributed by atoms with E-state index < -0.39 is 0 Å². The third-order valence-corrected chi connectivity index (χ3v) is 2.69. The predicted molar refractivity (Wildman–Crippen MR) is 59.4 cm³/mol. The monoisotopic (exact) mass is 202 g/mol. The van der Waals surface area contributed by atoms with Gasteiger partial charge in [0.05, 0.1) is 0 Å². The highest BCUT2D eigenvalue weighted by Crippen LogP contribution is 2.31. The number of hydrogen-bond donors (Lipinski definition) is 0. The molecule has 0 saturated heterocycles. The normalized spacial score (nSPS) is 18.1. The quantitative estimate of drug-likeness (QED) is 0.544. The van der Waals surface area contributed by atoms with E-state index in [1.165, 1.54) is 0 Å². The smallest absolute Gasteiger partial charge is 0.159 e. The number of hydrogen-bond acceptors (Lipinski definition) is 2. The Morgan fingerprint density at radius 2 is 2.20 bits per heavy atom. The van der Waals surface area contributed by atoms with Gasteiger partial charge in [0.1, 0.15) is 11.9 Å². The van der Waals surface area contributed by atoms with Gasteiger partial charge in [-0.15, -0.1) is 0 Å². The highest BCUT2D eigenvalue weighted by atomic mass is 16.5. The molecule has 1 aromatic carbocycles. The van der Waals surface area contributed by atoms with Crippen molar-refractivity contribution in [2.24, 2.45) is 0 Å². The Bertz CT molecular complexity index is 432. The van der Waals surface area contributed by atoms with E-state index in [9.17, 15) is 4.79 Å². The van der Waals surface area contributed by atoms with Gasteiger partial charge in [-0.05, 0) is 43.2 Å². The van der Waals surface area contributed by atoms with Crippen LogP contribution >= 0.6 is 0 Å². The molecule has 2 nitrogen and oxygen atoms in total. The standard InChI is InChI=1S/C13H14O2/c1-8(2)13-7-11-6-10(9(3)14)4-5-12(11)15-13/h4-6,13H,1,7H2,2-3H3/t13-/m1/s1. The largest absolute Gasteiger partial charge is 0.485 e. The average Bonchev–Trinajstić information content (AvgIpc) is 2.59. The van der Waals surface area contributed by atoms with Crippen LogP contribution < -0.4 is 4.74 Å². The Labute approximate surface area is 89.6 Å².